The van der Waals surface area contributed by atoms with Gasteiger partial charge in [0.1, 0.15) is 11.6 Å². The summed E-state index contributed by atoms with van der Waals surface area (Å²) in [4.78, 5) is 35.9. The fraction of sp³-hybridized carbons (Fsp3) is 0.217. The number of hydrogen-bond donors (Lipinski definition) is 1. The summed E-state index contributed by atoms with van der Waals surface area (Å²) in [7, 11) is 0. The number of aromatic amines is 1. The quantitative estimate of drug-likeness (QED) is 0.501. The first kappa shape index (κ1) is 21.2. The van der Waals surface area contributed by atoms with Gasteiger partial charge in [0.2, 0.25) is 5.95 Å². The van der Waals surface area contributed by atoms with E-state index in [4.69, 9.17) is 4.74 Å². The van der Waals surface area contributed by atoms with Crippen molar-refractivity contribution in [3.63, 3.8) is 0 Å². The number of carbonyl (C=O) groups excluding carboxylic acids is 1. The maximum atomic E-state index is 14.4. The van der Waals surface area contributed by atoms with Crippen molar-refractivity contribution in [3.8, 4) is 5.75 Å². The zero-order valence-corrected chi connectivity index (χ0v) is 17.9. The summed E-state index contributed by atoms with van der Waals surface area (Å²) >= 11 is 0. The number of rotatable bonds is 6. The first-order valence-corrected chi connectivity index (χ1v) is 10.1. The number of amides is 1. The monoisotopic (exact) mass is 435 g/mol. The largest absolute Gasteiger partial charge is 0.494 e. The number of aromatic nitrogens is 4. The molecule has 9 heteroatoms. The number of carbonyl (C=O) groups is 1. The third-order valence-corrected chi connectivity index (χ3v) is 5.13. The van der Waals surface area contributed by atoms with Crippen LogP contribution in [0.25, 0.3) is 5.78 Å². The zero-order chi connectivity index (χ0) is 22.8. The van der Waals surface area contributed by atoms with Crippen molar-refractivity contribution in [3.05, 3.63) is 87.1 Å². The third kappa shape index (κ3) is 3.96. The van der Waals surface area contributed by atoms with Crippen LogP contribution >= 0.6 is 0 Å². The average Bonchev–Trinajstić information content (AvgIpc) is 3.21. The van der Waals surface area contributed by atoms with Crippen LogP contribution < -0.4 is 15.2 Å². The number of H-pyrrole nitrogens is 1. The van der Waals surface area contributed by atoms with Crippen molar-refractivity contribution in [2.24, 2.45) is 0 Å². The second kappa shape index (κ2) is 8.62. The van der Waals surface area contributed by atoms with E-state index in [-0.39, 0.29) is 29.4 Å². The zero-order valence-electron chi connectivity index (χ0n) is 17.9. The predicted molar refractivity (Wildman–Crippen MR) is 118 cm³/mol. The molecule has 4 rings (SSSR count). The fourth-order valence-corrected chi connectivity index (χ4v) is 3.28. The second-order valence-electron chi connectivity index (χ2n) is 7.26. The molecule has 0 spiro atoms. The molecule has 4 aromatic rings. The van der Waals surface area contributed by atoms with E-state index in [1.807, 2.05) is 19.1 Å². The summed E-state index contributed by atoms with van der Waals surface area (Å²) in [5, 5.41) is 2.84. The number of fused-ring (bicyclic) bond motifs is 1. The molecule has 0 aliphatic rings. The maximum Gasteiger partial charge on any atom is 0.277 e. The SMILES string of the molecule is CCOc1ccc(CN(C(=O)c2ccccc2F)c2nc3nc(C)c(C)c(=O)n3[nH]2)cc1. The van der Waals surface area contributed by atoms with Gasteiger partial charge >= 0.3 is 0 Å². The summed E-state index contributed by atoms with van der Waals surface area (Å²) in [6.07, 6.45) is 0. The van der Waals surface area contributed by atoms with Gasteiger partial charge < -0.3 is 4.74 Å². The summed E-state index contributed by atoms with van der Waals surface area (Å²) < 4.78 is 21.0. The molecule has 2 heterocycles. The molecule has 2 aromatic heterocycles. The first-order valence-electron chi connectivity index (χ1n) is 10.1. The molecular formula is C23H22FN5O3. The number of nitrogens with zero attached hydrogens (tertiary/aromatic N) is 4. The lowest BCUT2D eigenvalue weighted by Gasteiger charge is -2.20. The number of ether oxygens (including phenoxy) is 1. The highest BCUT2D eigenvalue weighted by atomic mass is 19.1. The van der Waals surface area contributed by atoms with E-state index in [9.17, 15) is 14.0 Å². The molecule has 164 valence electrons. The molecule has 1 N–H and O–H groups in total. The van der Waals surface area contributed by atoms with Crippen LogP contribution in [0.15, 0.2) is 53.3 Å². The van der Waals surface area contributed by atoms with E-state index in [0.29, 0.717) is 23.6 Å². The van der Waals surface area contributed by atoms with E-state index >= 15 is 0 Å². The Morgan fingerprint density at radius 2 is 1.84 bits per heavy atom. The van der Waals surface area contributed by atoms with Crippen LogP contribution in [0.2, 0.25) is 0 Å². The molecule has 1 amide bonds. The van der Waals surface area contributed by atoms with Crippen LogP contribution in [-0.4, -0.2) is 32.1 Å². The molecule has 2 aromatic carbocycles. The molecule has 0 saturated heterocycles. The minimum atomic E-state index is -0.646. The van der Waals surface area contributed by atoms with Crippen molar-refractivity contribution in [2.45, 2.75) is 27.3 Å². The number of hydrogen-bond acceptors (Lipinski definition) is 5. The lowest BCUT2D eigenvalue weighted by Crippen LogP contribution is -2.32. The molecule has 0 fully saturated rings. The van der Waals surface area contributed by atoms with E-state index in [2.05, 4.69) is 15.1 Å². The molecule has 0 bridgehead atoms. The van der Waals surface area contributed by atoms with Crippen LogP contribution in [0.4, 0.5) is 10.3 Å². The van der Waals surface area contributed by atoms with Gasteiger partial charge in [-0.25, -0.2) is 9.37 Å². The Hall–Kier alpha value is -4.01. The molecule has 0 radical (unpaired) electrons. The van der Waals surface area contributed by atoms with E-state index in [1.54, 1.807) is 32.0 Å². The predicted octanol–water partition coefficient (Wildman–Crippen LogP) is 3.42. The van der Waals surface area contributed by atoms with Crippen molar-refractivity contribution in [1.82, 2.24) is 19.6 Å². The Bertz CT molecular complexity index is 1340. The fourth-order valence-electron chi connectivity index (χ4n) is 3.28. The minimum absolute atomic E-state index is 0.0849. The number of anilines is 1. The van der Waals surface area contributed by atoms with Gasteiger partial charge in [0.15, 0.2) is 0 Å². The van der Waals surface area contributed by atoms with Crippen LogP contribution in [0, 0.1) is 19.7 Å². The normalized spacial score (nSPS) is 11.0. The molecule has 0 aliphatic heterocycles. The van der Waals surface area contributed by atoms with Crippen LogP contribution in [0.1, 0.15) is 34.1 Å². The molecule has 0 atom stereocenters. The Balaban J connectivity index is 1.79. The average molecular weight is 435 g/mol. The first-order chi connectivity index (χ1) is 15.4. The number of benzene rings is 2. The number of nitrogens with one attached hydrogen (secondary N) is 1. The van der Waals surface area contributed by atoms with E-state index < -0.39 is 11.7 Å². The second-order valence-corrected chi connectivity index (χ2v) is 7.26. The third-order valence-electron chi connectivity index (χ3n) is 5.13. The van der Waals surface area contributed by atoms with E-state index in [0.717, 1.165) is 5.56 Å². The molecule has 0 saturated carbocycles. The Morgan fingerprint density at radius 1 is 1.12 bits per heavy atom. The summed E-state index contributed by atoms with van der Waals surface area (Å²) in [5.41, 5.74) is 1.37. The highest BCUT2D eigenvalue weighted by Gasteiger charge is 2.25. The van der Waals surface area contributed by atoms with Gasteiger partial charge in [-0.3, -0.25) is 19.6 Å². The highest BCUT2D eigenvalue weighted by Crippen LogP contribution is 2.20. The lowest BCUT2D eigenvalue weighted by atomic mass is 10.1. The minimum Gasteiger partial charge on any atom is -0.494 e. The van der Waals surface area contributed by atoms with Gasteiger partial charge in [0.05, 0.1) is 18.7 Å². The van der Waals surface area contributed by atoms with Crippen molar-refractivity contribution in [1.29, 1.82) is 0 Å². The summed E-state index contributed by atoms with van der Waals surface area (Å²) in [6.45, 7) is 5.90. The topological polar surface area (TPSA) is 92.6 Å². The van der Waals surface area contributed by atoms with Crippen molar-refractivity contribution < 1.29 is 13.9 Å². The van der Waals surface area contributed by atoms with Gasteiger partial charge in [-0.15, -0.1) is 0 Å². The molecule has 0 aliphatic carbocycles. The summed E-state index contributed by atoms with van der Waals surface area (Å²) in [6, 6.07) is 12.9. The van der Waals surface area contributed by atoms with Gasteiger partial charge in [-0.05, 0) is 50.6 Å². The molecule has 0 unspecified atom stereocenters. The van der Waals surface area contributed by atoms with Gasteiger partial charge in [0.25, 0.3) is 17.2 Å². The smallest absolute Gasteiger partial charge is 0.277 e. The van der Waals surface area contributed by atoms with Crippen LogP contribution in [0.3, 0.4) is 0 Å². The van der Waals surface area contributed by atoms with Crippen LogP contribution in [-0.2, 0) is 6.54 Å². The van der Waals surface area contributed by atoms with Crippen molar-refractivity contribution in [2.75, 3.05) is 11.5 Å². The summed E-state index contributed by atoms with van der Waals surface area (Å²) in [5.74, 6) is -0.327. The highest BCUT2D eigenvalue weighted by molar-refractivity contribution is 6.05. The molecule has 32 heavy (non-hydrogen) atoms. The van der Waals surface area contributed by atoms with Gasteiger partial charge in [0, 0.05) is 11.3 Å². The standard InChI is InChI=1S/C23H22FN5O3/c1-4-32-17-11-9-16(10-12-17)13-28(21(31)18-7-5-6-8-19(18)24)23-26-22-25-15(3)14(2)20(30)29(22)27-23/h5-12H,4,13H2,1-3H3,(H,25,26,27). The van der Waals surface area contributed by atoms with E-state index in [1.165, 1.54) is 27.6 Å². The van der Waals surface area contributed by atoms with Crippen LogP contribution in [0.5, 0.6) is 5.75 Å². The van der Waals surface area contributed by atoms with Crippen molar-refractivity contribution >= 4 is 17.6 Å². The Labute approximate surface area is 183 Å². The maximum absolute atomic E-state index is 14.4. The Kier molecular flexibility index (Phi) is 5.72. The number of aryl methyl sites for hydroxylation is 1. The van der Waals surface area contributed by atoms with Gasteiger partial charge in [-0.1, -0.05) is 24.3 Å². The molecule has 8 nitrogen and oxygen atoms in total. The number of halogens is 1. The Morgan fingerprint density at radius 3 is 2.53 bits per heavy atom. The lowest BCUT2D eigenvalue weighted by molar-refractivity contribution is 0.0979. The van der Waals surface area contributed by atoms with Gasteiger partial charge in [-0.2, -0.15) is 9.50 Å². The molecular weight excluding hydrogens is 413 g/mol.